The van der Waals surface area contributed by atoms with Crippen molar-refractivity contribution in [2.45, 2.75) is 25.3 Å². The average molecular weight is 300 g/mol. The van der Waals surface area contributed by atoms with Crippen molar-refractivity contribution < 1.29 is 9.53 Å². The lowest BCUT2D eigenvalue weighted by Crippen LogP contribution is -2.32. The summed E-state index contributed by atoms with van der Waals surface area (Å²) in [6.07, 6.45) is 3.95. The molecule has 0 spiro atoms. The van der Waals surface area contributed by atoms with Gasteiger partial charge in [-0.3, -0.25) is 9.48 Å². The van der Waals surface area contributed by atoms with Crippen molar-refractivity contribution in [2.75, 3.05) is 13.7 Å². The molecule has 1 unspecified atom stereocenters. The van der Waals surface area contributed by atoms with Crippen LogP contribution in [-0.4, -0.2) is 39.5 Å². The lowest BCUT2D eigenvalue weighted by Gasteiger charge is -2.26. The molecule has 1 aliphatic rings. The van der Waals surface area contributed by atoms with Crippen molar-refractivity contribution in [1.82, 2.24) is 19.9 Å². The first-order valence-electron chi connectivity index (χ1n) is 7.46. The summed E-state index contributed by atoms with van der Waals surface area (Å²) in [5.41, 5.74) is 1.91. The number of aryl methyl sites for hydroxylation is 1. The molecule has 0 aliphatic carbocycles. The molecule has 6 heteroatoms. The van der Waals surface area contributed by atoms with E-state index in [-0.39, 0.29) is 11.9 Å². The van der Waals surface area contributed by atoms with Crippen LogP contribution in [0.5, 0.6) is 5.75 Å². The normalized spacial score (nSPS) is 17.7. The molecule has 1 amide bonds. The summed E-state index contributed by atoms with van der Waals surface area (Å²) in [7, 11) is 3.47. The van der Waals surface area contributed by atoms with E-state index >= 15 is 0 Å². The Morgan fingerprint density at radius 2 is 2.23 bits per heavy atom. The van der Waals surface area contributed by atoms with Crippen LogP contribution in [0, 0.1) is 0 Å². The van der Waals surface area contributed by atoms with Crippen LogP contribution < -0.4 is 4.74 Å². The Morgan fingerprint density at radius 1 is 1.41 bits per heavy atom. The smallest absolute Gasteiger partial charge is 0.229 e. The van der Waals surface area contributed by atoms with Gasteiger partial charge < -0.3 is 9.64 Å². The second-order valence-electron chi connectivity index (χ2n) is 5.51. The highest BCUT2D eigenvalue weighted by molar-refractivity contribution is 5.79. The van der Waals surface area contributed by atoms with Crippen molar-refractivity contribution in [1.29, 1.82) is 0 Å². The fraction of sp³-hybridized carbons (Fsp3) is 0.438. The van der Waals surface area contributed by atoms with Crippen LogP contribution in [-0.2, 0) is 18.3 Å². The molecule has 1 aromatic heterocycles. The monoisotopic (exact) mass is 300 g/mol. The Balaban J connectivity index is 1.81. The highest BCUT2D eigenvalue weighted by atomic mass is 16.5. The first-order valence-corrected chi connectivity index (χ1v) is 7.46. The largest absolute Gasteiger partial charge is 0.496 e. The van der Waals surface area contributed by atoms with E-state index in [1.54, 1.807) is 25.0 Å². The number of nitrogens with zero attached hydrogens (tertiary/aromatic N) is 4. The number of rotatable bonds is 4. The minimum atomic E-state index is 0.0878. The molecule has 1 aromatic carbocycles. The maximum Gasteiger partial charge on any atom is 0.229 e. The van der Waals surface area contributed by atoms with Crippen molar-refractivity contribution in [3.05, 3.63) is 41.7 Å². The third-order valence-corrected chi connectivity index (χ3v) is 4.21. The summed E-state index contributed by atoms with van der Waals surface area (Å²) < 4.78 is 7.09. The van der Waals surface area contributed by atoms with Crippen LogP contribution in [0.1, 0.15) is 30.1 Å². The molecule has 22 heavy (non-hydrogen) atoms. The molecule has 1 fully saturated rings. The van der Waals surface area contributed by atoms with E-state index in [0.29, 0.717) is 6.42 Å². The molecule has 1 aliphatic heterocycles. The Labute approximate surface area is 129 Å². The SMILES string of the molecule is COc1ccccc1C1CCCN1C(=O)Cc1cnnn1C. The van der Waals surface area contributed by atoms with Crippen LogP contribution in [0.4, 0.5) is 0 Å². The predicted octanol–water partition coefficient (Wildman–Crippen LogP) is 1.73. The molecule has 2 aromatic rings. The van der Waals surface area contributed by atoms with Crippen molar-refractivity contribution in [3.8, 4) is 5.75 Å². The summed E-state index contributed by atoms with van der Waals surface area (Å²) in [5.74, 6) is 0.952. The third kappa shape index (κ3) is 2.68. The van der Waals surface area contributed by atoms with Crippen molar-refractivity contribution >= 4 is 5.91 Å². The van der Waals surface area contributed by atoms with E-state index in [4.69, 9.17) is 4.74 Å². The maximum atomic E-state index is 12.7. The quantitative estimate of drug-likeness (QED) is 0.863. The molecular formula is C16H20N4O2. The molecule has 6 nitrogen and oxygen atoms in total. The second-order valence-corrected chi connectivity index (χ2v) is 5.51. The van der Waals surface area contributed by atoms with E-state index in [2.05, 4.69) is 10.3 Å². The standard InChI is InChI=1S/C16H20N4O2/c1-19-12(11-17-18-19)10-16(21)20-9-5-7-14(20)13-6-3-4-8-15(13)22-2/h3-4,6,8,11,14H,5,7,9-10H2,1-2H3. The van der Waals surface area contributed by atoms with Gasteiger partial charge in [0.1, 0.15) is 5.75 Å². The molecule has 1 saturated heterocycles. The van der Waals surface area contributed by atoms with Gasteiger partial charge in [-0.05, 0) is 18.9 Å². The van der Waals surface area contributed by atoms with E-state index in [1.165, 1.54) is 0 Å². The molecule has 0 N–H and O–H groups in total. The molecule has 0 bridgehead atoms. The zero-order valence-corrected chi connectivity index (χ0v) is 12.9. The molecule has 0 radical (unpaired) electrons. The fourth-order valence-corrected chi connectivity index (χ4v) is 3.06. The third-order valence-electron chi connectivity index (χ3n) is 4.21. The molecule has 3 rings (SSSR count). The molecular weight excluding hydrogens is 280 g/mol. The van der Waals surface area contributed by atoms with Gasteiger partial charge in [-0.15, -0.1) is 5.10 Å². The lowest BCUT2D eigenvalue weighted by molar-refractivity contribution is -0.131. The van der Waals surface area contributed by atoms with E-state index in [9.17, 15) is 4.79 Å². The Hall–Kier alpha value is -2.37. The number of carbonyl (C=O) groups excluding carboxylic acids is 1. The summed E-state index contributed by atoms with van der Waals surface area (Å²) in [6.45, 7) is 0.785. The van der Waals surface area contributed by atoms with Crippen molar-refractivity contribution in [2.24, 2.45) is 7.05 Å². The van der Waals surface area contributed by atoms with Gasteiger partial charge in [0, 0.05) is 19.2 Å². The molecule has 2 heterocycles. The zero-order chi connectivity index (χ0) is 15.5. The zero-order valence-electron chi connectivity index (χ0n) is 12.9. The Morgan fingerprint density at radius 3 is 2.95 bits per heavy atom. The summed E-state index contributed by atoms with van der Waals surface area (Å²) in [5, 5.41) is 7.70. The Bertz CT molecular complexity index is 668. The minimum Gasteiger partial charge on any atom is -0.496 e. The van der Waals surface area contributed by atoms with Gasteiger partial charge in [-0.1, -0.05) is 23.4 Å². The molecule has 0 saturated carbocycles. The topological polar surface area (TPSA) is 60.2 Å². The van der Waals surface area contributed by atoms with Gasteiger partial charge in [-0.25, -0.2) is 0 Å². The van der Waals surface area contributed by atoms with Crippen molar-refractivity contribution in [3.63, 3.8) is 0 Å². The van der Waals surface area contributed by atoms with Crippen LogP contribution in [0.25, 0.3) is 0 Å². The predicted molar refractivity (Wildman–Crippen MR) is 81.4 cm³/mol. The van der Waals surface area contributed by atoms with Crippen LogP contribution in [0.2, 0.25) is 0 Å². The number of carbonyl (C=O) groups is 1. The fourth-order valence-electron chi connectivity index (χ4n) is 3.06. The Kier molecular flexibility index (Phi) is 4.09. The molecule has 116 valence electrons. The summed E-state index contributed by atoms with van der Waals surface area (Å²) in [6, 6.07) is 8.02. The number of aromatic nitrogens is 3. The average Bonchev–Trinajstić information content (AvgIpc) is 3.17. The van der Waals surface area contributed by atoms with Crippen LogP contribution in [0.3, 0.4) is 0 Å². The number of likely N-dealkylation sites (tertiary alicyclic amines) is 1. The number of methoxy groups -OCH3 is 1. The number of benzene rings is 1. The molecule has 1 atom stereocenters. The highest BCUT2D eigenvalue weighted by Crippen LogP contribution is 2.37. The summed E-state index contributed by atoms with van der Waals surface area (Å²) >= 11 is 0. The van der Waals surface area contributed by atoms with E-state index < -0.39 is 0 Å². The minimum absolute atomic E-state index is 0.0878. The first-order chi connectivity index (χ1) is 10.7. The number of ether oxygens (including phenoxy) is 1. The highest BCUT2D eigenvalue weighted by Gasteiger charge is 2.31. The van der Waals surface area contributed by atoms with Crippen LogP contribution in [0.15, 0.2) is 30.5 Å². The van der Waals surface area contributed by atoms with Crippen LogP contribution >= 0.6 is 0 Å². The van der Waals surface area contributed by atoms with Gasteiger partial charge in [-0.2, -0.15) is 0 Å². The van der Waals surface area contributed by atoms with Gasteiger partial charge in [0.25, 0.3) is 0 Å². The number of para-hydroxylation sites is 1. The lowest BCUT2D eigenvalue weighted by atomic mass is 10.0. The van der Waals surface area contributed by atoms with Gasteiger partial charge in [0.05, 0.1) is 31.5 Å². The second kappa shape index (κ2) is 6.17. The summed E-state index contributed by atoms with van der Waals surface area (Å²) in [4.78, 5) is 14.6. The van der Waals surface area contributed by atoms with E-state index in [1.807, 2.05) is 29.2 Å². The number of hydrogen-bond acceptors (Lipinski definition) is 4. The first kappa shape index (κ1) is 14.6. The van der Waals surface area contributed by atoms with E-state index in [0.717, 1.165) is 36.4 Å². The number of hydrogen-bond donors (Lipinski definition) is 0. The van der Waals surface area contributed by atoms with Gasteiger partial charge >= 0.3 is 0 Å². The van der Waals surface area contributed by atoms with Gasteiger partial charge in [0.15, 0.2) is 0 Å². The van der Waals surface area contributed by atoms with Gasteiger partial charge in [0.2, 0.25) is 5.91 Å². The number of amides is 1. The maximum absolute atomic E-state index is 12.7.